The largest absolute Gasteiger partial charge is 0.361 e. The molecule has 14 heavy (non-hydrogen) atoms. The normalized spacial score (nSPS) is 9.79. The van der Waals surface area contributed by atoms with Gasteiger partial charge in [-0.1, -0.05) is 45.8 Å². The molecule has 0 saturated heterocycles. The van der Waals surface area contributed by atoms with Crippen molar-refractivity contribution in [2.45, 2.75) is 39.0 Å². The van der Waals surface area contributed by atoms with Gasteiger partial charge in [0.05, 0.1) is 0 Å². The predicted octanol–water partition coefficient (Wildman–Crippen LogP) is 3.52. The zero-order valence-electron chi connectivity index (χ0n) is 9.37. The van der Waals surface area contributed by atoms with Gasteiger partial charge in [-0.2, -0.15) is 0 Å². The van der Waals surface area contributed by atoms with Crippen LogP contribution >= 0.6 is 0 Å². The van der Waals surface area contributed by atoms with Gasteiger partial charge in [0.25, 0.3) is 0 Å². The van der Waals surface area contributed by atoms with Crippen molar-refractivity contribution in [3.8, 4) is 0 Å². The van der Waals surface area contributed by atoms with Crippen LogP contribution in [0.1, 0.15) is 39.0 Å². The molecule has 0 rings (SSSR count). The van der Waals surface area contributed by atoms with E-state index in [0.29, 0.717) is 6.73 Å². The minimum absolute atomic E-state index is 0.570. The summed E-state index contributed by atoms with van der Waals surface area (Å²) < 4.78 is 5.44. The lowest BCUT2D eigenvalue weighted by molar-refractivity contribution is 0.0725. The van der Waals surface area contributed by atoms with E-state index in [-0.39, 0.29) is 0 Å². The molecule has 0 fully saturated rings. The average Bonchev–Trinajstić information content (AvgIpc) is 2.22. The van der Waals surface area contributed by atoms with Crippen LogP contribution in [0.25, 0.3) is 0 Å². The number of hydrogen-bond donors (Lipinski definition) is 0. The molecule has 0 heterocycles. The molecule has 0 bridgehead atoms. The number of rotatable bonds is 10. The van der Waals surface area contributed by atoms with Crippen molar-refractivity contribution < 1.29 is 4.74 Å². The van der Waals surface area contributed by atoms with Crippen molar-refractivity contribution in [3.05, 3.63) is 25.6 Å². The molecule has 0 aliphatic heterocycles. The van der Waals surface area contributed by atoms with Crippen LogP contribution in [0.4, 0.5) is 0 Å². The van der Waals surface area contributed by atoms with Crippen LogP contribution in [0.2, 0.25) is 0 Å². The van der Waals surface area contributed by atoms with Crippen molar-refractivity contribution in [3.63, 3.8) is 0 Å². The quantitative estimate of drug-likeness (QED) is 0.392. The minimum atomic E-state index is 0.570. The molecule has 2 nitrogen and oxygen atoms in total. The smallest absolute Gasteiger partial charge is 0.122 e. The number of ether oxygens (including phenoxy) is 1. The molecule has 0 aromatic heterocycles. The zero-order valence-corrected chi connectivity index (χ0v) is 9.37. The van der Waals surface area contributed by atoms with Crippen LogP contribution in [0.5, 0.6) is 0 Å². The minimum Gasteiger partial charge on any atom is -0.361 e. The Balaban J connectivity index is 3.12. The summed E-state index contributed by atoms with van der Waals surface area (Å²) in [5.41, 5.74) is 0. The monoisotopic (exact) mass is 197 g/mol. The third kappa shape index (κ3) is 7.87. The standard InChI is InChI=1S/C12H23NO/c1-4-7-8-9-10-11-14-12-13(5-2)6-3/h5-6H,2-4,7-12H2,1H3. The predicted molar refractivity (Wildman–Crippen MR) is 61.8 cm³/mol. The molecule has 0 aliphatic carbocycles. The Morgan fingerprint density at radius 2 is 1.71 bits per heavy atom. The molecule has 0 aromatic carbocycles. The Morgan fingerprint density at radius 3 is 2.29 bits per heavy atom. The van der Waals surface area contributed by atoms with E-state index in [0.717, 1.165) is 13.0 Å². The highest BCUT2D eigenvalue weighted by molar-refractivity contribution is 4.77. The van der Waals surface area contributed by atoms with E-state index in [1.165, 1.54) is 25.7 Å². The summed E-state index contributed by atoms with van der Waals surface area (Å²) in [6, 6.07) is 0. The molecule has 0 N–H and O–H groups in total. The summed E-state index contributed by atoms with van der Waals surface area (Å²) in [6.07, 6.45) is 9.81. The van der Waals surface area contributed by atoms with E-state index in [4.69, 9.17) is 4.74 Å². The average molecular weight is 197 g/mol. The zero-order chi connectivity index (χ0) is 10.6. The topological polar surface area (TPSA) is 12.5 Å². The highest BCUT2D eigenvalue weighted by atomic mass is 16.5. The summed E-state index contributed by atoms with van der Waals surface area (Å²) in [4.78, 5) is 1.83. The van der Waals surface area contributed by atoms with Gasteiger partial charge in [-0.3, -0.25) is 0 Å². The van der Waals surface area contributed by atoms with Gasteiger partial charge < -0.3 is 9.64 Å². The molecule has 82 valence electrons. The molecule has 0 unspecified atom stereocenters. The van der Waals surface area contributed by atoms with E-state index in [2.05, 4.69) is 20.1 Å². The molecule has 0 atom stereocenters. The van der Waals surface area contributed by atoms with Crippen LogP contribution in [-0.4, -0.2) is 18.2 Å². The highest BCUT2D eigenvalue weighted by Gasteiger charge is 1.92. The fraction of sp³-hybridized carbons (Fsp3) is 0.667. The molecular weight excluding hydrogens is 174 g/mol. The first kappa shape index (κ1) is 13.2. The lowest BCUT2D eigenvalue weighted by Gasteiger charge is -2.13. The van der Waals surface area contributed by atoms with E-state index in [9.17, 15) is 0 Å². The first-order chi connectivity index (χ1) is 6.85. The molecule has 0 amide bonds. The maximum absolute atomic E-state index is 5.44. The maximum Gasteiger partial charge on any atom is 0.122 e. The Morgan fingerprint density at radius 1 is 1.07 bits per heavy atom. The lowest BCUT2D eigenvalue weighted by atomic mass is 10.2. The van der Waals surface area contributed by atoms with Crippen LogP contribution in [0, 0.1) is 0 Å². The van der Waals surface area contributed by atoms with Crippen molar-refractivity contribution in [2.24, 2.45) is 0 Å². The van der Waals surface area contributed by atoms with Crippen LogP contribution < -0.4 is 0 Å². The second-order valence-electron chi connectivity index (χ2n) is 3.33. The lowest BCUT2D eigenvalue weighted by Crippen LogP contribution is -2.13. The Labute approximate surface area is 88.2 Å². The molecule has 0 aliphatic rings. The number of nitrogens with zero attached hydrogens (tertiary/aromatic N) is 1. The first-order valence-corrected chi connectivity index (χ1v) is 5.43. The van der Waals surface area contributed by atoms with Gasteiger partial charge in [0.2, 0.25) is 0 Å². The van der Waals surface area contributed by atoms with Crippen LogP contribution in [-0.2, 0) is 4.74 Å². The van der Waals surface area contributed by atoms with Gasteiger partial charge in [-0.25, -0.2) is 0 Å². The van der Waals surface area contributed by atoms with E-state index in [1.54, 1.807) is 12.4 Å². The van der Waals surface area contributed by atoms with Gasteiger partial charge in [0.15, 0.2) is 0 Å². The third-order valence-corrected chi connectivity index (χ3v) is 2.10. The first-order valence-electron chi connectivity index (χ1n) is 5.43. The number of hydrogen-bond acceptors (Lipinski definition) is 2. The van der Waals surface area contributed by atoms with E-state index in [1.807, 2.05) is 4.90 Å². The third-order valence-electron chi connectivity index (χ3n) is 2.10. The van der Waals surface area contributed by atoms with Gasteiger partial charge in [0.1, 0.15) is 6.73 Å². The molecule has 0 radical (unpaired) electrons. The summed E-state index contributed by atoms with van der Waals surface area (Å²) in [5.74, 6) is 0. The summed E-state index contributed by atoms with van der Waals surface area (Å²) >= 11 is 0. The Kier molecular flexibility index (Phi) is 9.76. The van der Waals surface area contributed by atoms with Gasteiger partial charge in [-0.15, -0.1) is 0 Å². The molecule has 0 saturated carbocycles. The summed E-state index contributed by atoms with van der Waals surface area (Å²) in [7, 11) is 0. The van der Waals surface area contributed by atoms with Crippen molar-refractivity contribution in [2.75, 3.05) is 13.3 Å². The van der Waals surface area contributed by atoms with Crippen molar-refractivity contribution in [1.82, 2.24) is 4.90 Å². The van der Waals surface area contributed by atoms with E-state index < -0.39 is 0 Å². The van der Waals surface area contributed by atoms with Gasteiger partial charge >= 0.3 is 0 Å². The van der Waals surface area contributed by atoms with Crippen molar-refractivity contribution >= 4 is 0 Å². The second-order valence-corrected chi connectivity index (χ2v) is 3.33. The van der Waals surface area contributed by atoms with Crippen molar-refractivity contribution in [1.29, 1.82) is 0 Å². The fourth-order valence-corrected chi connectivity index (χ4v) is 1.16. The maximum atomic E-state index is 5.44. The van der Waals surface area contributed by atoms with Crippen LogP contribution in [0.15, 0.2) is 25.6 Å². The molecule has 2 heteroatoms. The summed E-state index contributed by atoms with van der Waals surface area (Å²) in [6.45, 7) is 10.9. The van der Waals surface area contributed by atoms with Crippen LogP contribution in [0.3, 0.4) is 0 Å². The second kappa shape index (κ2) is 10.3. The summed E-state index contributed by atoms with van der Waals surface area (Å²) in [5, 5.41) is 0. The fourth-order valence-electron chi connectivity index (χ4n) is 1.16. The Bertz CT molecular complexity index is 137. The SMILES string of the molecule is C=CN(C=C)COCCCCCCC. The Hall–Kier alpha value is -0.760. The molecular formula is C12H23NO. The van der Waals surface area contributed by atoms with E-state index >= 15 is 0 Å². The molecule has 0 aromatic rings. The molecule has 0 spiro atoms. The number of unbranched alkanes of at least 4 members (excludes halogenated alkanes) is 4. The van der Waals surface area contributed by atoms with Gasteiger partial charge in [-0.05, 0) is 18.8 Å². The highest BCUT2D eigenvalue weighted by Crippen LogP contribution is 2.02. The van der Waals surface area contributed by atoms with Gasteiger partial charge in [0, 0.05) is 6.61 Å².